The summed E-state index contributed by atoms with van der Waals surface area (Å²) in [5, 5.41) is 11.4. The highest BCUT2D eigenvalue weighted by Gasteiger charge is 2.05. The summed E-state index contributed by atoms with van der Waals surface area (Å²) in [5.74, 6) is 1.36. The highest BCUT2D eigenvalue weighted by molar-refractivity contribution is 5.86. The molecule has 0 atom stereocenters. The second kappa shape index (κ2) is 3.73. The number of oxime groups is 1. The largest absolute Gasteiger partial charge is 0.411 e. The van der Waals surface area contributed by atoms with Crippen molar-refractivity contribution < 1.29 is 5.21 Å². The molecule has 0 aliphatic rings. The van der Waals surface area contributed by atoms with Crippen LogP contribution in [0.1, 0.15) is 31.2 Å². The van der Waals surface area contributed by atoms with Crippen molar-refractivity contribution in [3.63, 3.8) is 0 Å². The first-order chi connectivity index (χ1) is 7.20. The van der Waals surface area contributed by atoms with E-state index in [1.807, 2.05) is 18.2 Å². The molecule has 1 heterocycles. The molecule has 2 aromatic rings. The van der Waals surface area contributed by atoms with Crippen molar-refractivity contribution in [3.8, 4) is 0 Å². The van der Waals surface area contributed by atoms with Crippen molar-refractivity contribution in [2.75, 3.05) is 0 Å². The third-order valence-electron chi connectivity index (χ3n) is 2.28. The zero-order chi connectivity index (χ0) is 10.8. The summed E-state index contributed by atoms with van der Waals surface area (Å²) in [5.41, 5.74) is 2.76. The van der Waals surface area contributed by atoms with Crippen LogP contribution in [0.5, 0.6) is 0 Å². The van der Waals surface area contributed by atoms with Crippen molar-refractivity contribution >= 4 is 17.2 Å². The molecule has 1 aromatic heterocycles. The van der Waals surface area contributed by atoms with E-state index >= 15 is 0 Å². The molecule has 0 fully saturated rings. The predicted molar refractivity (Wildman–Crippen MR) is 59.6 cm³/mol. The second-order valence-electron chi connectivity index (χ2n) is 3.80. The molecule has 2 N–H and O–H groups in total. The Hall–Kier alpha value is -1.84. The summed E-state index contributed by atoms with van der Waals surface area (Å²) >= 11 is 0. The number of hydrogen-bond donors (Lipinski definition) is 2. The number of hydrogen-bond acceptors (Lipinski definition) is 3. The van der Waals surface area contributed by atoms with Gasteiger partial charge < -0.3 is 10.2 Å². The number of fused-ring (bicyclic) bond motifs is 1. The van der Waals surface area contributed by atoms with Gasteiger partial charge in [-0.1, -0.05) is 25.1 Å². The highest BCUT2D eigenvalue weighted by Crippen LogP contribution is 2.17. The topological polar surface area (TPSA) is 61.3 Å². The molecule has 1 aromatic carbocycles. The van der Waals surface area contributed by atoms with Gasteiger partial charge in [0.25, 0.3) is 0 Å². The standard InChI is InChI=1S/C11H13N3O/c1-7(2)11-13-9-4-3-8(6-12-15)5-10(9)14-11/h3-7,15H,1-2H3,(H,13,14)/b12-6+. The van der Waals surface area contributed by atoms with Gasteiger partial charge in [0, 0.05) is 5.92 Å². The molecule has 0 unspecified atom stereocenters. The molecule has 4 heteroatoms. The van der Waals surface area contributed by atoms with Crippen molar-refractivity contribution in [3.05, 3.63) is 29.6 Å². The van der Waals surface area contributed by atoms with Crippen LogP contribution in [0.4, 0.5) is 0 Å². The van der Waals surface area contributed by atoms with Crippen LogP contribution in [-0.2, 0) is 0 Å². The Labute approximate surface area is 87.6 Å². The first kappa shape index (κ1) is 9.71. The molecule has 0 radical (unpaired) electrons. The first-order valence-corrected chi connectivity index (χ1v) is 4.88. The second-order valence-corrected chi connectivity index (χ2v) is 3.80. The Bertz CT molecular complexity index is 500. The van der Waals surface area contributed by atoms with E-state index in [9.17, 15) is 0 Å². The van der Waals surface area contributed by atoms with Crippen molar-refractivity contribution in [1.82, 2.24) is 9.97 Å². The van der Waals surface area contributed by atoms with E-state index in [-0.39, 0.29) is 0 Å². The van der Waals surface area contributed by atoms with Crippen molar-refractivity contribution in [2.45, 2.75) is 19.8 Å². The summed E-state index contributed by atoms with van der Waals surface area (Å²) in [6.45, 7) is 4.18. The number of benzene rings is 1. The third kappa shape index (κ3) is 1.83. The van der Waals surface area contributed by atoms with E-state index in [1.54, 1.807) is 0 Å². The van der Waals surface area contributed by atoms with Gasteiger partial charge in [-0.15, -0.1) is 0 Å². The minimum atomic E-state index is 0.382. The molecule has 4 nitrogen and oxygen atoms in total. The van der Waals surface area contributed by atoms with E-state index in [0.717, 1.165) is 22.4 Å². The average Bonchev–Trinajstić information content (AvgIpc) is 2.61. The van der Waals surface area contributed by atoms with Crippen LogP contribution in [0.25, 0.3) is 11.0 Å². The maximum atomic E-state index is 8.43. The molecular weight excluding hydrogens is 190 g/mol. The molecule has 0 bridgehead atoms. The van der Waals surface area contributed by atoms with Crippen molar-refractivity contribution in [1.29, 1.82) is 0 Å². The smallest absolute Gasteiger partial charge is 0.109 e. The molecule has 0 aliphatic carbocycles. The van der Waals surface area contributed by atoms with Crippen molar-refractivity contribution in [2.24, 2.45) is 5.16 Å². The lowest BCUT2D eigenvalue weighted by atomic mass is 10.2. The van der Waals surface area contributed by atoms with Gasteiger partial charge in [-0.25, -0.2) is 4.98 Å². The lowest BCUT2D eigenvalue weighted by Gasteiger charge is -1.95. The van der Waals surface area contributed by atoms with Gasteiger partial charge in [-0.2, -0.15) is 0 Å². The number of rotatable bonds is 2. The fraction of sp³-hybridized carbons (Fsp3) is 0.273. The van der Waals surface area contributed by atoms with Gasteiger partial charge in [0.05, 0.1) is 17.2 Å². The Morgan fingerprint density at radius 2 is 2.27 bits per heavy atom. The van der Waals surface area contributed by atoms with Gasteiger partial charge in [0.1, 0.15) is 5.82 Å². The van der Waals surface area contributed by atoms with E-state index in [1.165, 1.54) is 6.21 Å². The molecule has 2 rings (SSSR count). The predicted octanol–water partition coefficient (Wildman–Crippen LogP) is 2.49. The number of nitrogens with one attached hydrogen (secondary N) is 1. The van der Waals surface area contributed by atoms with Gasteiger partial charge in [-0.3, -0.25) is 0 Å². The van der Waals surface area contributed by atoms with Crippen LogP contribution in [0.3, 0.4) is 0 Å². The minimum Gasteiger partial charge on any atom is -0.411 e. The van der Waals surface area contributed by atoms with Crippen LogP contribution in [0, 0.1) is 0 Å². The molecule has 15 heavy (non-hydrogen) atoms. The van der Waals surface area contributed by atoms with E-state index < -0.39 is 0 Å². The first-order valence-electron chi connectivity index (χ1n) is 4.88. The summed E-state index contributed by atoms with van der Waals surface area (Å²) < 4.78 is 0. The van der Waals surface area contributed by atoms with Gasteiger partial charge in [0.2, 0.25) is 0 Å². The number of aromatic amines is 1. The van der Waals surface area contributed by atoms with Crippen LogP contribution >= 0.6 is 0 Å². The molecule has 0 aliphatic heterocycles. The molecule has 0 saturated heterocycles. The number of H-pyrrole nitrogens is 1. The average molecular weight is 203 g/mol. The summed E-state index contributed by atoms with van der Waals surface area (Å²) in [4.78, 5) is 7.69. The summed E-state index contributed by atoms with van der Waals surface area (Å²) in [7, 11) is 0. The van der Waals surface area contributed by atoms with Gasteiger partial charge in [-0.05, 0) is 17.7 Å². The Kier molecular flexibility index (Phi) is 2.41. The highest BCUT2D eigenvalue weighted by atomic mass is 16.4. The van der Waals surface area contributed by atoms with Crippen LogP contribution in [0.15, 0.2) is 23.4 Å². The molecule has 0 saturated carbocycles. The van der Waals surface area contributed by atoms with E-state index in [0.29, 0.717) is 5.92 Å². The zero-order valence-electron chi connectivity index (χ0n) is 8.73. The molecule has 0 spiro atoms. The maximum absolute atomic E-state index is 8.43. The zero-order valence-corrected chi connectivity index (χ0v) is 8.73. The molecule has 78 valence electrons. The maximum Gasteiger partial charge on any atom is 0.109 e. The van der Waals surface area contributed by atoms with Crippen LogP contribution in [0.2, 0.25) is 0 Å². The molecule has 0 amide bonds. The van der Waals surface area contributed by atoms with Crippen LogP contribution in [-0.4, -0.2) is 21.4 Å². The van der Waals surface area contributed by atoms with Gasteiger partial charge >= 0.3 is 0 Å². The quantitative estimate of drug-likeness (QED) is 0.447. The van der Waals surface area contributed by atoms with Crippen LogP contribution < -0.4 is 0 Å². The number of aromatic nitrogens is 2. The summed E-state index contributed by atoms with van der Waals surface area (Å²) in [6, 6.07) is 5.69. The fourth-order valence-electron chi connectivity index (χ4n) is 1.47. The SMILES string of the molecule is CC(C)c1nc2ccc(/C=N/O)cc2[nH]1. The monoisotopic (exact) mass is 203 g/mol. The Balaban J connectivity index is 2.52. The molecular formula is C11H13N3O. The minimum absolute atomic E-state index is 0.382. The fourth-order valence-corrected chi connectivity index (χ4v) is 1.47. The number of imidazole rings is 1. The Morgan fingerprint density at radius 3 is 2.93 bits per heavy atom. The van der Waals surface area contributed by atoms with Gasteiger partial charge in [0.15, 0.2) is 0 Å². The lowest BCUT2D eigenvalue weighted by Crippen LogP contribution is -1.88. The normalized spacial score (nSPS) is 11.9. The third-order valence-corrected chi connectivity index (χ3v) is 2.28. The Morgan fingerprint density at radius 1 is 1.47 bits per heavy atom. The van der Waals surface area contributed by atoms with E-state index in [2.05, 4.69) is 29.0 Å². The summed E-state index contributed by atoms with van der Waals surface area (Å²) in [6.07, 6.45) is 1.40. The lowest BCUT2D eigenvalue weighted by molar-refractivity contribution is 0.322. The van der Waals surface area contributed by atoms with E-state index in [4.69, 9.17) is 5.21 Å². The number of nitrogens with zero attached hydrogens (tertiary/aromatic N) is 2.